The number of hydrogen-bond donors (Lipinski definition) is 0. The van der Waals surface area contributed by atoms with Crippen LogP contribution in [0.4, 0.5) is 4.39 Å². The number of halogens is 1. The zero-order valence-corrected chi connectivity index (χ0v) is 15.7. The fourth-order valence-corrected chi connectivity index (χ4v) is 4.24. The Morgan fingerprint density at radius 2 is 2.18 bits per heavy atom. The van der Waals surface area contributed by atoms with Crippen LogP contribution in [-0.2, 0) is 16.1 Å². The molecule has 4 heterocycles. The summed E-state index contributed by atoms with van der Waals surface area (Å²) >= 11 is 0. The number of nitrogens with zero attached hydrogens (tertiary/aromatic N) is 3. The number of rotatable bonds is 5. The quantitative estimate of drug-likeness (QED) is 0.741. The van der Waals surface area contributed by atoms with Crippen molar-refractivity contribution in [3.8, 4) is 0 Å². The van der Waals surface area contributed by atoms with Gasteiger partial charge in [0.25, 0.3) is 5.91 Å². The van der Waals surface area contributed by atoms with Gasteiger partial charge in [-0.25, -0.2) is 4.98 Å². The molecule has 0 radical (unpaired) electrons. The third-order valence-electron chi connectivity index (χ3n) is 5.66. The first kappa shape index (κ1) is 19.0. The molecule has 2 aromatic rings. The maximum absolute atomic E-state index is 13.4. The monoisotopic (exact) mass is 385 g/mol. The first-order valence-electron chi connectivity index (χ1n) is 9.65. The van der Waals surface area contributed by atoms with E-state index in [1.54, 1.807) is 23.4 Å². The molecule has 0 N–H and O–H groups in total. The van der Waals surface area contributed by atoms with Crippen LogP contribution in [0, 0.1) is 11.4 Å². The average molecular weight is 385 g/mol. The molecule has 28 heavy (non-hydrogen) atoms. The Morgan fingerprint density at radius 1 is 1.32 bits per heavy atom. The van der Waals surface area contributed by atoms with E-state index in [1.807, 2.05) is 12.1 Å². The molecule has 2 saturated heterocycles. The van der Waals surface area contributed by atoms with Gasteiger partial charge < -0.3 is 14.4 Å². The highest BCUT2D eigenvalue weighted by Crippen LogP contribution is 2.41. The largest absolute Gasteiger partial charge is 0.377 e. The summed E-state index contributed by atoms with van der Waals surface area (Å²) in [6, 6.07) is 6.61. The van der Waals surface area contributed by atoms with Crippen molar-refractivity contribution in [2.24, 2.45) is 5.41 Å². The van der Waals surface area contributed by atoms with Crippen LogP contribution in [0.1, 0.15) is 35.2 Å². The van der Waals surface area contributed by atoms with E-state index >= 15 is 0 Å². The standard InChI is InChI=1S/C21H24FN3O3/c22-19-12-17(4-9-24-19)20(26)25-10-5-18-21(14-25,6-1-11-28-18)15-27-13-16-2-7-23-8-3-16/h2-4,7-9,12,18H,1,5-6,10-11,13-15H2/t18-,21+/m1/s1. The summed E-state index contributed by atoms with van der Waals surface area (Å²) in [6.07, 6.45) is 7.56. The van der Waals surface area contributed by atoms with E-state index in [0.29, 0.717) is 31.9 Å². The number of ether oxygens (including phenoxy) is 2. The summed E-state index contributed by atoms with van der Waals surface area (Å²) in [5, 5.41) is 0. The van der Waals surface area contributed by atoms with E-state index in [4.69, 9.17) is 9.47 Å². The van der Waals surface area contributed by atoms with Gasteiger partial charge in [0.05, 0.1) is 19.3 Å². The van der Waals surface area contributed by atoms with Gasteiger partial charge in [0.15, 0.2) is 0 Å². The van der Waals surface area contributed by atoms with Crippen molar-refractivity contribution in [1.82, 2.24) is 14.9 Å². The van der Waals surface area contributed by atoms with Crippen LogP contribution in [-0.4, -0.2) is 53.2 Å². The Hall–Kier alpha value is -2.38. The SMILES string of the molecule is O=C(c1ccnc(F)c1)N1CC[C@H]2OCCC[C@@]2(COCc2ccncc2)C1. The van der Waals surface area contributed by atoms with Crippen molar-refractivity contribution in [2.45, 2.75) is 32.0 Å². The molecule has 0 unspecified atom stereocenters. The highest BCUT2D eigenvalue weighted by Gasteiger charge is 2.47. The van der Waals surface area contributed by atoms with Crippen LogP contribution in [0.5, 0.6) is 0 Å². The zero-order valence-electron chi connectivity index (χ0n) is 15.7. The number of piperidine rings is 1. The second kappa shape index (κ2) is 8.32. The molecule has 2 aliphatic rings. The van der Waals surface area contributed by atoms with E-state index in [0.717, 1.165) is 31.4 Å². The van der Waals surface area contributed by atoms with Gasteiger partial charge in [-0.15, -0.1) is 0 Å². The molecular formula is C21H24FN3O3. The summed E-state index contributed by atoms with van der Waals surface area (Å²) in [6.45, 7) is 2.92. The molecule has 1 amide bonds. The molecular weight excluding hydrogens is 361 g/mol. The van der Waals surface area contributed by atoms with Crippen LogP contribution < -0.4 is 0 Å². The van der Waals surface area contributed by atoms with Crippen LogP contribution >= 0.6 is 0 Å². The van der Waals surface area contributed by atoms with Crippen molar-refractivity contribution < 1.29 is 18.7 Å². The summed E-state index contributed by atoms with van der Waals surface area (Å²) in [5.74, 6) is -0.809. The number of hydrogen-bond acceptors (Lipinski definition) is 5. The zero-order chi connectivity index (χ0) is 19.4. The third kappa shape index (κ3) is 4.05. The molecule has 7 heteroatoms. The van der Waals surface area contributed by atoms with E-state index < -0.39 is 5.95 Å². The molecule has 2 aromatic heterocycles. The van der Waals surface area contributed by atoms with Crippen molar-refractivity contribution >= 4 is 5.91 Å². The number of amides is 1. The molecule has 6 nitrogen and oxygen atoms in total. The number of likely N-dealkylation sites (tertiary alicyclic amines) is 1. The molecule has 0 spiro atoms. The first-order chi connectivity index (χ1) is 13.7. The lowest BCUT2D eigenvalue weighted by Gasteiger charge is -2.50. The van der Waals surface area contributed by atoms with Crippen LogP contribution in [0.25, 0.3) is 0 Å². The fourth-order valence-electron chi connectivity index (χ4n) is 4.24. The second-order valence-electron chi connectivity index (χ2n) is 7.56. The molecule has 0 bridgehead atoms. The Kier molecular flexibility index (Phi) is 5.64. The van der Waals surface area contributed by atoms with Crippen LogP contribution in [0.2, 0.25) is 0 Å². The van der Waals surface area contributed by atoms with Gasteiger partial charge in [-0.3, -0.25) is 9.78 Å². The van der Waals surface area contributed by atoms with Crippen molar-refractivity contribution in [3.05, 3.63) is 59.9 Å². The fraction of sp³-hybridized carbons (Fsp3) is 0.476. The minimum absolute atomic E-state index is 0.0805. The number of pyridine rings is 2. The molecule has 148 valence electrons. The van der Waals surface area contributed by atoms with Crippen molar-refractivity contribution in [1.29, 1.82) is 0 Å². The lowest BCUT2D eigenvalue weighted by atomic mass is 9.73. The Bertz CT molecular complexity index is 820. The lowest BCUT2D eigenvalue weighted by molar-refractivity contribution is -0.148. The highest BCUT2D eigenvalue weighted by molar-refractivity contribution is 5.94. The topological polar surface area (TPSA) is 64.6 Å². The van der Waals surface area contributed by atoms with Gasteiger partial charge in [-0.1, -0.05) is 0 Å². The molecule has 0 saturated carbocycles. The Labute approximate surface area is 163 Å². The summed E-state index contributed by atoms with van der Waals surface area (Å²) in [5.41, 5.74) is 1.16. The van der Waals surface area contributed by atoms with E-state index in [-0.39, 0.29) is 17.4 Å². The smallest absolute Gasteiger partial charge is 0.254 e. The Balaban J connectivity index is 1.47. The second-order valence-corrected chi connectivity index (χ2v) is 7.56. The van der Waals surface area contributed by atoms with Gasteiger partial charge in [-0.2, -0.15) is 4.39 Å². The summed E-state index contributed by atoms with van der Waals surface area (Å²) in [4.78, 5) is 22.3. The molecule has 4 rings (SSSR count). The van der Waals surface area contributed by atoms with Gasteiger partial charge in [0.2, 0.25) is 5.95 Å². The maximum atomic E-state index is 13.4. The minimum Gasteiger partial charge on any atom is -0.377 e. The highest BCUT2D eigenvalue weighted by atomic mass is 19.1. The van der Waals surface area contributed by atoms with Crippen molar-refractivity contribution in [2.75, 3.05) is 26.3 Å². The molecule has 2 fully saturated rings. The molecule has 0 aliphatic carbocycles. The predicted molar refractivity (Wildman–Crippen MR) is 100 cm³/mol. The molecule has 2 aliphatic heterocycles. The lowest BCUT2D eigenvalue weighted by Crippen LogP contribution is -2.58. The van der Waals surface area contributed by atoms with Gasteiger partial charge in [0, 0.05) is 55.3 Å². The van der Waals surface area contributed by atoms with Gasteiger partial charge in [-0.05, 0) is 43.0 Å². The predicted octanol–water partition coefficient (Wildman–Crippen LogP) is 2.84. The Morgan fingerprint density at radius 3 is 3.00 bits per heavy atom. The van der Waals surface area contributed by atoms with Gasteiger partial charge >= 0.3 is 0 Å². The third-order valence-corrected chi connectivity index (χ3v) is 5.66. The average Bonchev–Trinajstić information content (AvgIpc) is 2.73. The van der Waals surface area contributed by atoms with E-state index in [9.17, 15) is 9.18 Å². The number of carbonyl (C=O) groups is 1. The molecule has 0 aromatic carbocycles. The number of carbonyl (C=O) groups excluding carboxylic acids is 1. The van der Waals surface area contributed by atoms with Crippen LogP contribution in [0.15, 0.2) is 42.9 Å². The maximum Gasteiger partial charge on any atom is 0.254 e. The summed E-state index contributed by atoms with van der Waals surface area (Å²) in [7, 11) is 0. The van der Waals surface area contributed by atoms with Crippen LogP contribution in [0.3, 0.4) is 0 Å². The van der Waals surface area contributed by atoms with E-state index in [1.165, 1.54) is 12.3 Å². The molecule has 2 atom stereocenters. The number of aromatic nitrogens is 2. The first-order valence-corrected chi connectivity index (χ1v) is 9.65. The normalized spacial score (nSPS) is 24.6. The van der Waals surface area contributed by atoms with E-state index in [2.05, 4.69) is 9.97 Å². The van der Waals surface area contributed by atoms with Gasteiger partial charge in [0.1, 0.15) is 0 Å². The van der Waals surface area contributed by atoms with Crippen molar-refractivity contribution in [3.63, 3.8) is 0 Å². The summed E-state index contributed by atoms with van der Waals surface area (Å²) < 4.78 is 25.5. The number of fused-ring (bicyclic) bond motifs is 1. The minimum atomic E-state index is -0.642.